The average molecular weight is 286 g/mol. The van der Waals surface area contributed by atoms with E-state index in [1.807, 2.05) is 6.92 Å². The zero-order valence-electron chi connectivity index (χ0n) is 12.6. The minimum atomic E-state index is 0.0446. The van der Waals surface area contributed by atoms with Crippen LogP contribution in [0, 0.1) is 27.7 Å². The molecule has 1 atom stereocenters. The van der Waals surface area contributed by atoms with Crippen LogP contribution in [0.2, 0.25) is 0 Å². The molecule has 2 rings (SSSR count). The molecule has 0 bridgehead atoms. The highest BCUT2D eigenvalue weighted by atomic mass is 32.2. The number of aromatic nitrogens is 1. The molecule has 1 unspecified atom stereocenters. The van der Waals surface area contributed by atoms with E-state index in [-0.39, 0.29) is 6.04 Å². The van der Waals surface area contributed by atoms with E-state index < -0.39 is 0 Å². The van der Waals surface area contributed by atoms with Crippen molar-refractivity contribution in [2.75, 3.05) is 5.75 Å². The molecule has 1 aromatic heterocycles. The van der Waals surface area contributed by atoms with Gasteiger partial charge in [0.05, 0.1) is 5.03 Å². The maximum atomic E-state index is 6.32. The van der Waals surface area contributed by atoms with Gasteiger partial charge in [-0.1, -0.05) is 23.8 Å². The molecule has 0 saturated heterocycles. The summed E-state index contributed by atoms with van der Waals surface area (Å²) < 4.78 is 0. The van der Waals surface area contributed by atoms with Crippen molar-refractivity contribution in [3.05, 3.63) is 58.3 Å². The van der Waals surface area contributed by atoms with E-state index in [2.05, 4.69) is 56.1 Å². The van der Waals surface area contributed by atoms with Crippen molar-refractivity contribution < 1.29 is 0 Å². The van der Waals surface area contributed by atoms with Gasteiger partial charge in [0, 0.05) is 17.5 Å². The largest absolute Gasteiger partial charge is 0.323 e. The van der Waals surface area contributed by atoms with E-state index in [0.29, 0.717) is 0 Å². The predicted molar refractivity (Wildman–Crippen MR) is 87.3 cm³/mol. The number of aryl methyl sites for hydroxylation is 4. The third kappa shape index (κ3) is 3.84. The molecule has 0 spiro atoms. The highest BCUT2D eigenvalue weighted by Gasteiger charge is 2.10. The summed E-state index contributed by atoms with van der Waals surface area (Å²) in [7, 11) is 0. The van der Waals surface area contributed by atoms with Crippen molar-refractivity contribution in [3.63, 3.8) is 0 Å². The van der Waals surface area contributed by atoms with Gasteiger partial charge < -0.3 is 5.73 Å². The lowest BCUT2D eigenvalue weighted by Crippen LogP contribution is -2.14. The second-order valence-electron chi connectivity index (χ2n) is 5.40. The molecule has 2 nitrogen and oxygen atoms in total. The number of nitrogens with two attached hydrogens (primary N) is 1. The van der Waals surface area contributed by atoms with Gasteiger partial charge in [0.25, 0.3) is 0 Å². The highest BCUT2D eigenvalue weighted by Crippen LogP contribution is 2.25. The maximum absolute atomic E-state index is 6.32. The van der Waals surface area contributed by atoms with Crippen LogP contribution in [0.25, 0.3) is 0 Å². The van der Waals surface area contributed by atoms with E-state index in [4.69, 9.17) is 5.73 Å². The highest BCUT2D eigenvalue weighted by molar-refractivity contribution is 7.99. The fraction of sp³-hybridized carbons (Fsp3) is 0.353. The summed E-state index contributed by atoms with van der Waals surface area (Å²) in [5.74, 6) is 0.847. The van der Waals surface area contributed by atoms with Crippen molar-refractivity contribution in [2.45, 2.75) is 38.8 Å². The molecule has 1 heterocycles. The van der Waals surface area contributed by atoms with E-state index in [1.165, 1.54) is 22.3 Å². The smallest absolute Gasteiger partial charge is 0.0966 e. The Labute approximate surface area is 125 Å². The van der Waals surface area contributed by atoms with Crippen LogP contribution in [0.15, 0.2) is 35.4 Å². The Balaban J connectivity index is 2.06. The lowest BCUT2D eigenvalue weighted by molar-refractivity contribution is 0.820. The second kappa shape index (κ2) is 6.42. The molecule has 0 aliphatic carbocycles. The standard InChI is InChI=1S/C17H22N2S/c1-11-5-6-15(13(3)7-11)16(18)10-20-17-9-12(2)8-14(4)19-17/h5-9,16H,10,18H2,1-4H3. The summed E-state index contributed by atoms with van der Waals surface area (Å²) in [5.41, 5.74) is 12.4. The Kier molecular flexibility index (Phi) is 4.84. The Morgan fingerprint density at radius 2 is 1.80 bits per heavy atom. The molecule has 0 saturated carbocycles. The van der Waals surface area contributed by atoms with Gasteiger partial charge in [-0.3, -0.25) is 0 Å². The first-order chi connectivity index (χ1) is 9.45. The first-order valence-corrected chi connectivity index (χ1v) is 7.85. The van der Waals surface area contributed by atoms with Gasteiger partial charge in [0.1, 0.15) is 0 Å². The molecule has 2 aromatic rings. The number of thioether (sulfide) groups is 1. The summed E-state index contributed by atoms with van der Waals surface area (Å²) in [6, 6.07) is 10.7. The minimum absolute atomic E-state index is 0.0446. The Morgan fingerprint density at radius 3 is 2.45 bits per heavy atom. The predicted octanol–water partition coefficient (Wildman–Crippen LogP) is 4.11. The van der Waals surface area contributed by atoms with Crippen LogP contribution in [0.5, 0.6) is 0 Å². The fourth-order valence-electron chi connectivity index (χ4n) is 2.38. The van der Waals surface area contributed by atoms with Crippen molar-refractivity contribution in [1.29, 1.82) is 0 Å². The Morgan fingerprint density at radius 1 is 1.05 bits per heavy atom. The van der Waals surface area contributed by atoms with Crippen molar-refractivity contribution in [3.8, 4) is 0 Å². The topological polar surface area (TPSA) is 38.9 Å². The molecule has 0 radical (unpaired) electrons. The first kappa shape index (κ1) is 15.1. The van der Waals surface area contributed by atoms with Gasteiger partial charge in [-0.05, 0) is 56.5 Å². The molecule has 1 aromatic carbocycles. The zero-order chi connectivity index (χ0) is 14.7. The number of hydrogen-bond donors (Lipinski definition) is 1. The summed E-state index contributed by atoms with van der Waals surface area (Å²) >= 11 is 1.73. The van der Waals surface area contributed by atoms with Gasteiger partial charge in [-0.15, -0.1) is 11.8 Å². The fourth-order valence-corrected chi connectivity index (χ4v) is 3.39. The third-order valence-corrected chi connectivity index (χ3v) is 4.34. The monoisotopic (exact) mass is 286 g/mol. The van der Waals surface area contributed by atoms with Crippen molar-refractivity contribution in [2.24, 2.45) is 5.73 Å². The van der Waals surface area contributed by atoms with Gasteiger partial charge in [0.2, 0.25) is 0 Å². The molecule has 2 N–H and O–H groups in total. The molecular formula is C17H22N2S. The Hall–Kier alpha value is -1.32. The van der Waals surface area contributed by atoms with E-state index in [1.54, 1.807) is 11.8 Å². The normalized spacial score (nSPS) is 12.4. The summed E-state index contributed by atoms with van der Waals surface area (Å²) in [6.07, 6.45) is 0. The van der Waals surface area contributed by atoms with Crippen LogP contribution < -0.4 is 5.73 Å². The molecule has 0 aliphatic heterocycles. The number of pyridine rings is 1. The average Bonchev–Trinajstić information content (AvgIpc) is 2.35. The minimum Gasteiger partial charge on any atom is -0.323 e. The third-order valence-electron chi connectivity index (χ3n) is 3.31. The van der Waals surface area contributed by atoms with Gasteiger partial charge in [0.15, 0.2) is 0 Å². The second-order valence-corrected chi connectivity index (χ2v) is 6.44. The van der Waals surface area contributed by atoms with Crippen molar-refractivity contribution >= 4 is 11.8 Å². The molecule has 0 amide bonds. The molecule has 20 heavy (non-hydrogen) atoms. The van der Waals surface area contributed by atoms with Crippen LogP contribution in [0.4, 0.5) is 0 Å². The number of hydrogen-bond acceptors (Lipinski definition) is 3. The van der Waals surface area contributed by atoms with Crippen LogP contribution in [-0.2, 0) is 0 Å². The maximum Gasteiger partial charge on any atom is 0.0966 e. The van der Waals surface area contributed by atoms with E-state index in [0.717, 1.165) is 16.5 Å². The van der Waals surface area contributed by atoms with Crippen LogP contribution >= 0.6 is 11.8 Å². The summed E-state index contributed by atoms with van der Waals surface area (Å²) in [5, 5.41) is 1.06. The zero-order valence-corrected chi connectivity index (χ0v) is 13.4. The van der Waals surface area contributed by atoms with Gasteiger partial charge in [-0.2, -0.15) is 0 Å². The number of nitrogens with zero attached hydrogens (tertiary/aromatic N) is 1. The van der Waals surface area contributed by atoms with E-state index >= 15 is 0 Å². The van der Waals surface area contributed by atoms with Crippen molar-refractivity contribution in [1.82, 2.24) is 4.98 Å². The number of rotatable bonds is 4. The van der Waals surface area contributed by atoms with Crippen LogP contribution in [-0.4, -0.2) is 10.7 Å². The lowest BCUT2D eigenvalue weighted by atomic mass is 10.0. The Bertz CT molecular complexity index is 588. The van der Waals surface area contributed by atoms with Crippen LogP contribution in [0.3, 0.4) is 0 Å². The van der Waals surface area contributed by atoms with Gasteiger partial charge >= 0.3 is 0 Å². The molecular weight excluding hydrogens is 264 g/mol. The SMILES string of the molecule is Cc1cc(C)nc(SCC(N)c2ccc(C)cc2C)c1. The molecule has 106 valence electrons. The lowest BCUT2D eigenvalue weighted by Gasteiger charge is -2.15. The first-order valence-electron chi connectivity index (χ1n) is 6.86. The van der Waals surface area contributed by atoms with E-state index in [9.17, 15) is 0 Å². The molecule has 0 fully saturated rings. The van der Waals surface area contributed by atoms with Gasteiger partial charge in [-0.25, -0.2) is 4.98 Å². The summed E-state index contributed by atoms with van der Waals surface area (Å²) in [4.78, 5) is 4.54. The quantitative estimate of drug-likeness (QED) is 0.860. The van der Waals surface area contributed by atoms with Crippen LogP contribution in [0.1, 0.15) is 34.0 Å². The summed E-state index contributed by atoms with van der Waals surface area (Å²) in [6.45, 7) is 8.36. The number of benzene rings is 1. The molecule has 3 heteroatoms. The molecule has 0 aliphatic rings.